The molecular formula is C11H14. The summed E-state index contributed by atoms with van der Waals surface area (Å²) in [7, 11) is 0. The summed E-state index contributed by atoms with van der Waals surface area (Å²) in [5.41, 5.74) is 2.03. The monoisotopic (exact) mass is 146 g/mol. The van der Waals surface area contributed by atoms with Gasteiger partial charge in [0.25, 0.3) is 0 Å². The third-order valence-electron chi connectivity index (χ3n) is 6.07. The van der Waals surface area contributed by atoms with Gasteiger partial charge in [0.2, 0.25) is 0 Å². The highest BCUT2D eigenvalue weighted by Crippen LogP contribution is 2.99. The first-order valence-corrected chi connectivity index (χ1v) is 5.37. The van der Waals surface area contributed by atoms with Crippen LogP contribution in [0.2, 0.25) is 0 Å². The summed E-state index contributed by atoms with van der Waals surface area (Å²) in [6.45, 7) is 0. The Morgan fingerprint density at radius 1 is 0.909 bits per heavy atom. The molecule has 6 fully saturated rings. The first-order chi connectivity index (χ1) is 5.37. The normalized spacial score (nSPS) is 76.4. The van der Waals surface area contributed by atoms with Gasteiger partial charge in [-0.05, 0) is 66.6 Å². The van der Waals surface area contributed by atoms with Crippen molar-refractivity contribution in [2.75, 3.05) is 0 Å². The number of hydrogen-bond acceptors (Lipinski definition) is 0. The fourth-order valence-corrected chi connectivity index (χ4v) is 5.56. The minimum atomic E-state index is 1.01. The van der Waals surface area contributed by atoms with E-state index < -0.39 is 0 Å². The van der Waals surface area contributed by atoms with Crippen molar-refractivity contribution in [1.29, 1.82) is 0 Å². The van der Waals surface area contributed by atoms with E-state index in [0.717, 1.165) is 10.8 Å². The topological polar surface area (TPSA) is 0 Å². The number of hydrogen-bond donors (Lipinski definition) is 0. The van der Waals surface area contributed by atoms with Crippen LogP contribution >= 0.6 is 0 Å². The molecule has 0 aromatic carbocycles. The summed E-state index contributed by atoms with van der Waals surface area (Å²) < 4.78 is 0. The molecule has 6 aliphatic carbocycles. The highest BCUT2D eigenvalue weighted by Gasteiger charge is 2.92. The molecule has 0 heteroatoms. The van der Waals surface area contributed by atoms with Gasteiger partial charge in [-0.15, -0.1) is 0 Å². The van der Waals surface area contributed by atoms with Gasteiger partial charge in [-0.25, -0.2) is 0 Å². The summed E-state index contributed by atoms with van der Waals surface area (Å²) in [5.74, 6) is 5.04. The van der Waals surface area contributed by atoms with Crippen LogP contribution in [-0.4, -0.2) is 0 Å². The molecule has 5 unspecified atom stereocenters. The molecule has 0 N–H and O–H groups in total. The second-order valence-corrected chi connectivity index (χ2v) is 6.02. The Bertz CT molecular complexity index is 276. The molecule has 6 aliphatic rings. The van der Waals surface area contributed by atoms with E-state index in [1.165, 1.54) is 23.7 Å². The predicted molar refractivity (Wildman–Crippen MR) is 41.9 cm³/mol. The molecule has 0 aromatic rings. The van der Waals surface area contributed by atoms with E-state index in [-0.39, 0.29) is 0 Å². The lowest BCUT2D eigenvalue weighted by molar-refractivity contribution is 0.0880. The predicted octanol–water partition coefficient (Wildman–Crippen LogP) is 2.44. The lowest BCUT2D eigenvalue weighted by atomic mass is 9.65. The van der Waals surface area contributed by atoms with Crippen molar-refractivity contribution in [1.82, 2.24) is 0 Å². The van der Waals surface area contributed by atoms with E-state index in [1.807, 2.05) is 0 Å². The van der Waals surface area contributed by atoms with Gasteiger partial charge in [0, 0.05) is 0 Å². The molecule has 0 amide bonds. The van der Waals surface area contributed by atoms with Crippen molar-refractivity contribution in [3.63, 3.8) is 0 Å². The van der Waals surface area contributed by atoms with E-state index in [0.29, 0.717) is 0 Å². The van der Waals surface area contributed by atoms with Gasteiger partial charge in [-0.1, -0.05) is 0 Å². The molecule has 0 aromatic heterocycles. The van der Waals surface area contributed by atoms with Crippen LogP contribution in [-0.2, 0) is 0 Å². The van der Waals surface area contributed by atoms with Gasteiger partial charge >= 0.3 is 0 Å². The maximum absolute atomic E-state index is 1.68. The molecule has 58 valence electrons. The molecule has 0 saturated heterocycles. The second kappa shape index (κ2) is 0.963. The largest absolute Gasteiger partial charge is 0.0468 e. The van der Waals surface area contributed by atoms with E-state index in [2.05, 4.69) is 0 Å². The van der Waals surface area contributed by atoms with Crippen LogP contribution in [0.4, 0.5) is 0 Å². The fraction of sp³-hybridized carbons (Fsp3) is 1.00. The Hall–Kier alpha value is 0. The lowest BCUT2D eigenvalue weighted by Gasteiger charge is -2.39. The van der Waals surface area contributed by atoms with E-state index in [1.54, 1.807) is 32.1 Å². The van der Waals surface area contributed by atoms with Gasteiger partial charge in [0.05, 0.1) is 0 Å². The van der Waals surface area contributed by atoms with Crippen LogP contribution in [0.5, 0.6) is 0 Å². The molecule has 0 aliphatic heterocycles. The Morgan fingerprint density at radius 2 is 1.82 bits per heavy atom. The van der Waals surface area contributed by atoms with E-state index in [9.17, 15) is 0 Å². The van der Waals surface area contributed by atoms with E-state index >= 15 is 0 Å². The van der Waals surface area contributed by atoms with Gasteiger partial charge in [-0.3, -0.25) is 0 Å². The first-order valence-electron chi connectivity index (χ1n) is 5.37. The smallest absolute Gasteiger partial charge is 0.0196 e. The van der Waals surface area contributed by atoms with Crippen LogP contribution in [0.15, 0.2) is 0 Å². The van der Waals surface area contributed by atoms with Gasteiger partial charge < -0.3 is 0 Å². The zero-order chi connectivity index (χ0) is 6.84. The molecule has 6 saturated carbocycles. The molecule has 2 bridgehead atoms. The van der Waals surface area contributed by atoms with E-state index in [4.69, 9.17) is 0 Å². The Kier molecular flexibility index (Phi) is 0.428. The third-order valence-corrected chi connectivity index (χ3v) is 6.07. The number of rotatable bonds is 0. The van der Waals surface area contributed by atoms with Crippen LogP contribution in [0.25, 0.3) is 0 Å². The SMILES string of the molecule is C1C2CC34CC(C12)C3C41CC1. The molecular weight excluding hydrogens is 132 g/mol. The maximum Gasteiger partial charge on any atom is -0.0196 e. The van der Waals surface area contributed by atoms with Crippen LogP contribution in [0.3, 0.4) is 0 Å². The van der Waals surface area contributed by atoms with Crippen molar-refractivity contribution in [2.24, 2.45) is 34.5 Å². The minimum Gasteiger partial charge on any atom is -0.0468 e. The van der Waals surface area contributed by atoms with Crippen LogP contribution < -0.4 is 0 Å². The fourth-order valence-electron chi connectivity index (χ4n) is 5.56. The van der Waals surface area contributed by atoms with Gasteiger partial charge in [0.15, 0.2) is 0 Å². The van der Waals surface area contributed by atoms with Crippen LogP contribution in [0, 0.1) is 34.5 Å². The summed E-state index contributed by atoms with van der Waals surface area (Å²) in [6.07, 6.45) is 8.26. The molecule has 2 spiro atoms. The van der Waals surface area contributed by atoms with Gasteiger partial charge in [0.1, 0.15) is 0 Å². The third kappa shape index (κ3) is 0.278. The lowest BCUT2D eigenvalue weighted by Crippen LogP contribution is -2.33. The summed E-state index contributed by atoms with van der Waals surface area (Å²) in [5, 5.41) is 0. The van der Waals surface area contributed by atoms with Crippen molar-refractivity contribution in [3.05, 3.63) is 0 Å². The molecule has 11 heavy (non-hydrogen) atoms. The summed E-state index contributed by atoms with van der Waals surface area (Å²) in [4.78, 5) is 0. The highest BCUT2D eigenvalue weighted by atomic mass is 15.0. The average molecular weight is 146 g/mol. The standard InChI is InChI=1S/C11H14/c1-2-10(1)9-8-5-11(9,10)4-6-3-7(6)8/h6-9H,1-5H2. The summed E-state index contributed by atoms with van der Waals surface area (Å²) >= 11 is 0. The van der Waals surface area contributed by atoms with Gasteiger partial charge in [-0.2, -0.15) is 0 Å². The molecule has 0 heterocycles. The zero-order valence-electron chi connectivity index (χ0n) is 6.84. The zero-order valence-corrected chi connectivity index (χ0v) is 6.84. The minimum absolute atomic E-state index is 1.01. The molecule has 5 atom stereocenters. The Labute approximate surface area is 67.4 Å². The van der Waals surface area contributed by atoms with Crippen molar-refractivity contribution >= 4 is 0 Å². The van der Waals surface area contributed by atoms with Crippen LogP contribution in [0.1, 0.15) is 32.1 Å². The average Bonchev–Trinajstić information content (AvgIpc) is 2.79. The Balaban J connectivity index is 1.72. The second-order valence-electron chi connectivity index (χ2n) is 6.02. The Morgan fingerprint density at radius 3 is 2.55 bits per heavy atom. The highest BCUT2D eigenvalue weighted by molar-refractivity contribution is 5.40. The quantitative estimate of drug-likeness (QED) is 0.492. The molecule has 6 rings (SSSR count). The van der Waals surface area contributed by atoms with Crippen molar-refractivity contribution in [2.45, 2.75) is 32.1 Å². The van der Waals surface area contributed by atoms with Crippen molar-refractivity contribution in [3.8, 4) is 0 Å². The van der Waals surface area contributed by atoms with Crippen molar-refractivity contribution < 1.29 is 0 Å². The maximum atomic E-state index is 1.68. The first kappa shape index (κ1) is 4.89. The summed E-state index contributed by atoms with van der Waals surface area (Å²) in [6, 6.07) is 0. The molecule has 0 nitrogen and oxygen atoms in total. The molecule has 0 radical (unpaired) electrons.